The van der Waals surface area contributed by atoms with Crippen molar-refractivity contribution in [2.45, 2.75) is 50.8 Å². The molecule has 168 valence electrons. The Morgan fingerprint density at radius 1 is 1.00 bits per heavy atom. The summed E-state index contributed by atoms with van der Waals surface area (Å²) in [5.41, 5.74) is 0.906. The number of alkyl halides is 3. The fourth-order valence-electron chi connectivity index (χ4n) is 4.09. The van der Waals surface area contributed by atoms with Gasteiger partial charge in [-0.15, -0.1) is 0 Å². The first-order chi connectivity index (χ1) is 15.3. The van der Waals surface area contributed by atoms with Gasteiger partial charge in [0.2, 0.25) is 0 Å². The van der Waals surface area contributed by atoms with E-state index in [9.17, 15) is 18.0 Å². The minimum Gasteiger partial charge on any atom is -0.489 e. The number of benzene rings is 2. The van der Waals surface area contributed by atoms with E-state index < -0.39 is 17.7 Å². The monoisotopic (exact) mass is 444 g/mol. The first-order valence-electron chi connectivity index (χ1n) is 10.6. The van der Waals surface area contributed by atoms with Crippen molar-refractivity contribution in [1.29, 1.82) is 0 Å². The lowest BCUT2D eigenvalue weighted by atomic mass is 9.86. The standard InChI is InChI=1S/C25H23F3O4/c26-25(27,28)20-10-6-16(7-11-20)22-14-19(23(32-22)17-4-2-1-3-5-17)15-31-21-12-8-18(9-13-21)24(29)30/h6-14,17H,1-5,15H2,(H,29,30). The normalized spacial score (nSPS) is 15.0. The summed E-state index contributed by atoms with van der Waals surface area (Å²) >= 11 is 0. The number of carboxylic acids is 1. The summed E-state index contributed by atoms with van der Waals surface area (Å²) in [6.07, 6.45) is 1.02. The minimum atomic E-state index is -4.38. The molecule has 0 bridgehead atoms. The Morgan fingerprint density at radius 2 is 1.66 bits per heavy atom. The van der Waals surface area contributed by atoms with Gasteiger partial charge in [0.15, 0.2) is 0 Å². The van der Waals surface area contributed by atoms with Crippen LogP contribution >= 0.6 is 0 Å². The smallest absolute Gasteiger partial charge is 0.416 e. The predicted octanol–water partition coefficient (Wildman–Crippen LogP) is 7.29. The van der Waals surface area contributed by atoms with E-state index >= 15 is 0 Å². The first-order valence-corrected chi connectivity index (χ1v) is 10.6. The number of carbonyl (C=O) groups is 1. The van der Waals surface area contributed by atoms with Crippen LogP contribution in [0.5, 0.6) is 5.75 Å². The average Bonchev–Trinajstić information content (AvgIpc) is 3.22. The van der Waals surface area contributed by atoms with Crippen LogP contribution in [-0.2, 0) is 12.8 Å². The van der Waals surface area contributed by atoms with Crippen LogP contribution in [0.4, 0.5) is 13.2 Å². The molecular weight excluding hydrogens is 421 g/mol. The summed E-state index contributed by atoms with van der Waals surface area (Å²) in [4.78, 5) is 11.0. The highest BCUT2D eigenvalue weighted by molar-refractivity contribution is 5.87. The van der Waals surface area contributed by atoms with Crippen molar-refractivity contribution in [3.63, 3.8) is 0 Å². The Labute approximate surface area is 183 Å². The molecule has 2 aromatic carbocycles. The molecule has 1 saturated carbocycles. The topological polar surface area (TPSA) is 59.7 Å². The van der Waals surface area contributed by atoms with Crippen molar-refractivity contribution in [1.82, 2.24) is 0 Å². The van der Waals surface area contributed by atoms with E-state index in [1.165, 1.54) is 30.7 Å². The largest absolute Gasteiger partial charge is 0.489 e. The van der Waals surface area contributed by atoms with Crippen molar-refractivity contribution >= 4 is 5.97 Å². The summed E-state index contributed by atoms with van der Waals surface area (Å²) in [6.45, 7) is 0.225. The van der Waals surface area contributed by atoms with Crippen LogP contribution in [0.1, 0.15) is 65.3 Å². The second-order valence-corrected chi connectivity index (χ2v) is 8.03. The number of hydrogen-bond donors (Lipinski definition) is 1. The zero-order valence-electron chi connectivity index (χ0n) is 17.3. The molecule has 32 heavy (non-hydrogen) atoms. The number of halogens is 3. The van der Waals surface area contributed by atoms with E-state index in [0.29, 0.717) is 17.1 Å². The molecule has 1 aliphatic carbocycles. The van der Waals surface area contributed by atoms with Gasteiger partial charge in [0.25, 0.3) is 0 Å². The number of aromatic carboxylic acids is 1. The van der Waals surface area contributed by atoms with Crippen LogP contribution in [0, 0.1) is 0 Å². The summed E-state index contributed by atoms with van der Waals surface area (Å²) < 4.78 is 50.7. The first kappa shape index (κ1) is 22.0. The van der Waals surface area contributed by atoms with Crippen molar-refractivity contribution in [3.8, 4) is 17.1 Å². The van der Waals surface area contributed by atoms with Gasteiger partial charge in [-0.2, -0.15) is 13.2 Å². The fraction of sp³-hybridized carbons (Fsp3) is 0.320. The number of ether oxygens (including phenoxy) is 1. The molecule has 0 unspecified atom stereocenters. The molecule has 0 amide bonds. The molecule has 7 heteroatoms. The molecule has 1 N–H and O–H groups in total. The molecule has 1 aromatic heterocycles. The maximum atomic E-state index is 12.9. The zero-order valence-corrected chi connectivity index (χ0v) is 17.3. The van der Waals surface area contributed by atoms with Gasteiger partial charge >= 0.3 is 12.1 Å². The maximum Gasteiger partial charge on any atom is 0.416 e. The van der Waals surface area contributed by atoms with E-state index in [4.69, 9.17) is 14.3 Å². The van der Waals surface area contributed by atoms with E-state index in [1.54, 1.807) is 12.1 Å². The molecule has 0 saturated heterocycles. The molecule has 4 rings (SSSR count). The highest BCUT2D eigenvalue weighted by Crippen LogP contribution is 2.39. The lowest BCUT2D eigenvalue weighted by Crippen LogP contribution is -2.07. The number of carboxylic acid groups (broad SMARTS) is 1. The second kappa shape index (κ2) is 9.10. The number of rotatable bonds is 6. The molecule has 3 aromatic rings. The molecule has 1 aliphatic rings. The van der Waals surface area contributed by atoms with Crippen LogP contribution in [0.25, 0.3) is 11.3 Å². The van der Waals surface area contributed by atoms with Gasteiger partial charge in [0.05, 0.1) is 11.1 Å². The summed E-state index contributed by atoms with van der Waals surface area (Å²) in [5, 5.41) is 9.02. The third-order valence-corrected chi connectivity index (χ3v) is 5.81. The van der Waals surface area contributed by atoms with Gasteiger partial charge in [-0.05, 0) is 55.3 Å². The van der Waals surface area contributed by atoms with Gasteiger partial charge in [0, 0.05) is 17.0 Å². The van der Waals surface area contributed by atoms with Crippen LogP contribution in [-0.4, -0.2) is 11.1 Å². The van der Waals surface area contributed by atoms with Gasteiger partial charge in [-0.3, -0.25) is 0 Å². The fourth-order valence-corrected chi connectivity index (χ4v) is 4.09. The quantitative estimate of drug-likeness (QED) is 0.434. The van der Waals surface area contributed by atoms with Gasteiger partial charge < -0.3 is 14.3 Å². The van der Waals surface area contributed by atoms with Gasteiger partial charge in [-0.25, -0.2) is 4.79 Å². The SMILES string of the molecule is O=C(O)c1ccc(OCc2cc(-c3ccc(C(F)(F)F)cc3)oc2C2CCCCC2)cc1. The Bertz CT molecular complexity index is 1060. The lowest BCUT2D eigenvalue weighted by Gasteiger charge is -2.21. The van der Waals surface area contributed by atoms with Crippen molar-refractivity contribution in [2.75, 3.05) is 0 Å². The highest BCUT2D eigenvalue weighted by atomic mass is 19.4. The average molecular weight is 444 g/mol. The molecule has 1 fully saturated rings. The van der Waals surface area contributed by atoms with Crippen LogP contribution in [0.3, 0.4) is 0 Å². The minimum absolute atomic E-state index is 0.174. The summed E-state index contributed by atoms with van der Waals surface area (Å²) in [5.74, 6) is 1.11. The molecule has 4 nitrogen and oxygen atoms in total. The predicted molar refractivity (Wildman–Crippen MR) is 113 cm³/mol. The van der Waals surface area contributed by atoms with Crippen LogP contribution in [0.2, 0.25) is 0 Å². The van der Waals surface area contributed by atoms with Crippen LogP contribution < -0.4 is 4.74 Å². The van der Waals surface area contributed by atoms with Gasteiger partial charge in [-0.1, -0.05) is 31.4 Å². The van der Waals surface area contributed by atoms with Crippen molar-refractivity contribution in [2.24, 2.45) is 0 Å². The molecular formula is C25H23F3O4. The molecule has 0 radical (unpaired) electrons. The summed E-state index contributed by atoms with van der Waals surface area (Å²) in [6, 6.07) is 12.9. The molecule has 1 heterocycles. The zero-order chi connectivity index (χ0) is 22.7. The van der Waals surface area contributed by atoms with E-state index in [1.807, 2.05) is 6.07 Å². The lowest BCUT2D eigenvalue weighted by molar-refractivity contribution is -0.137. The number of furan rings is 1. The Balaban J connectivity index is 1.58. The third kappa shape index (κ3) is 4.98. The second-order valence-electron chi connectivity index (χ2n) is 8.03. The summed E-state index contributed by atoms with van der Waals surface area (Å²) in [7, 11) is 0. The Morgan fingerprint density at radius 3 is 2.25 bits per heavy atom. The number of hydrogen-bond acceptors (Lipinski definition) is 3. The van der Waals surface area contributed by atoms with E-state index in [-0.39, 0.29) is 18.1 Å². The maximum absolute atomic E-state index is 12.9. The third-order valence-electron chi connectivity index (χ3n) is 5.81. The van der Waals surface area contributed by atoms with Crippen LogP contribution in [0.15, 0.2) is 59.0 Å². The van der Waals surface area contributed by atoms with E-state index in [2.05, 4.69) is 0 Å². The highest BCUT2D eigenvalue weighted by Gasteiger charge is 2.30. The van der Waals surface area contributed by atoms with Crippen molar-refractivity contribution < 1.29 is 32.2 Å². The molecule has 0 atom stereocenters. The van der Waals surface area contributed by atoms with E-state index in [0.717, 1.165) is 49.1 Å². The molecule has 0 aliphatic heterocycles. The van der Waals surface area contributed by atoms with Crippen molar-refractivity contribution in [3.05, 3.63) is 77.0 Å². The van der Waals surface area contributed by atoms with Gasteiger partial charge in [0.1, 0.15) is 23.9 Å². The molecule has 0 spiro atoms. The Kier molecular flexibility index (Phi) is 6.26. The Hall–Kier alpha value is -3.22.